The van der Waals surface area contributed by atoms with Gasteiger partial charge in [0, 0.05) is 4.47 Å². The fourth-order valence-electron chi connectivity index (χ4n) is 1.68. The summed E-state index contributed by atoms with van der Waals surface area (Å²) in [5, 5.41) is 9.12. The maximum Gasteiger partial charge on any atom is 0.339 e. The average molecular weight is 321 g/mol. The van der Waals surface area contributed by atoms with Gasteiger partial charge in [-0.05, 0) is 42.3 Å². The standard InChI is InChI=1S/C15H13BrO3/c1-2-10-3-6-12(7-4-10)19-14-9-11(16)5-8-13(14)15(17)18/h3-9H,2H2,1H3,(H,17,18). The van der Waals surface area contributed by atoms with E-state index in [1.165, 1.54) is 11.6 Å². The third kappa shape index (κ3) is 3.35. The minimum atomic E-state index is -1.01. The second kappa shape index (κ2) is 5.89. The van der Waals surface area contributed by atoms with Gasteiger partial charge in [0.2, 0.25) is 0 Å². The number of rotatable bonds is 4. The molecule has 0 fully saturated rings. The lowest BCUT2D eigenvalue weighted by molar-refractivity contribution is 0.0694. The van der Waals surface area contributed by atoms with Gasteiger partial charge in [-0.25, -0.2) is 4.79 Å². The summed E-state index contributed by atoms with van der Waals surface area (Å²) in [5.74, 6) is -0.0587. The molecule has 0 spiro atoms. The summed E-state index contributed by atoms with van der Waals surface area (Å²) in [6, 6.07) is 12.5. The number of ether oxygens (including phenoxy) is 1. The fraction of sp³-hybridized carbons (Fsp3) is 0.133. The summed E-state index contributed by atoms with van der Waals surface area (Å²) in [6.07, 6.45) is 0.956. The molecule has 2 rings (SSSR count). The highest BCUT2D eigenvalue weighted by atomic mass is 79.9. The van der Waals surface area contributed by atoms with Gasteiger partial charge in [-0.2, -0.15) is 0 Å². The third-order valence-corrected chi connectivity index (χ3v) is 3.23. The van der Waals surface area contributed by atoms with Gasteiger partial charge in [0.1, 0.15) is 17.1 Å². The maximum atomic E-state index is 11.1. The predicted molar refractivity (Wildman–Crippen MR) is 77.0 cm³/mol. The summed E-state index contributed by atoms with van der Waals surface area (Å²) >= 11 is 3.31. The van der Waals surface area contributed by atoms with Crippen LogP contribution in [0.15, 0.2) is 46.9 Å². The monoisotopic (exact) mass is 320 g/mol. The van der Waals surface area contributed by atoms with Gasteiger partial charge in [-0.3, -0.25) is 0 Å². The molecular formula is C15H13BrO3. The molecule has 0 aliphatic rings. The van der Waals surface area contributed by atoms with E-state index >= 15 is 0 Å². The molecule has 0 unspecified atom stereocenters. The minimum absolute atomic E-state index is 0.141. The normalized spacial score (nSPS) is 10.2. The van der Waals surface area contributed by atoms with Crippen molar-refractivity contribution >= 4 is 21.9 Å². The second-order valence-corrected chi connectivity index (χ2v) is 4.96. The van der Waals surface area contributed by atoms with Crippen molar-refractivity contribution in [1.82, 2.24) is 0 Å². The topological polar surface area (TPSA) is 46.5 Å². The Kier molecular flexibility index (Phi) is 4.22. The van der Waals surface area contributed by atoms with Crippen LogP contribution in [0.3, 0.4) is 0 Å². The third-order valence-electron chi connectivity index (χ3n) is 2.73. The first-order chi connectivity index (χ1) is 9.10. The summed E-state index contributed by atoms with van der Waals surface area (Å²) in [7, 11) is 0. The molecule has 0 radical (unpaired) electrons. The van der Waals surface area contributed by atoms with Crippen LogP contribution in [0.5, 0.6) is 11.5 Å². The van der Waals surface area contributed by atoms with Crippen molar-refractivity contribution in [3.8, 4) is 11.5 Å². The highest BCUT2D eigenvalue weighted by Crippen LogP contribution is 2.28. The molecule has 3 nitrogen and oxygen atoms in total. The van der Waals surface area contributed by atoms with E-state index in [1.54, 1.807) is 12.1 Å². The molecule has 1 N–H and O–H groups in total. The van der Waals surface area contributed by atoms with Crippen LogP contribution in [0.2, 0.25) is 0 Å². The number of hydrogen-bond acceptors (Lipinski definition) is 2. The summed E-state index contributed by atoms with van der Waals surface area (Å²) in [5.41, 5.74) is 1.35. The molecule has 0 aliphatic heterocycles. The van der Waals surface area contributed by atoms with Crippen molar-refractivity contribution in [2.24, 2.45) is 0 Å². The zero-order chi connectivity index (χ0) is 13.8. The number of carboxylic acid groups (broad SMARTS) is 1. The molecule has 0 saturated carbocycles. The number of aromatic carboxylic acids is 1. The Morgan fingerprint density at radius 3 is 2.47 bits per heavy atom. The molecule has 0 heterocycles. The minimum Gasteiger partial charge on any atom is -0.478 e. The molecule has 19 heavy (non-hydrogen) atoms. The molecule has 2 aromatic carbocycles. The van der Waals surface area contributed by atoms with Crippen LogP contribution in [-0.4, -0.2) is 11.1 Å². The van der Waals surface area contributed by atoms with Gasteiger partial charge < -0.3 is 9.84 Å². The highest BCUT2D eigenvalue weighted by molar-refractivity contribution is 9.10. The van der Waals surface area contributed by atoms with E-state index in [4.69, 9.17) is 9.84 Å². The zero-order valence-electron chi connectivity index (χ0n) is 10.4. The van der Waals surface area contributed by atoms with Crippen molar-refractivity contribution in [2.45, 2.75) is 13.3 Å². The van der Waals surface area contributed by atoms with Gasteiger partial charge >= 0.3 is 5.97 Å². The van der Waals surface area contributed by atoms with E-state index in [0.29, 0.717) is 11.5 Å². The zero-order valence-corrected chi connectivity index (χ0v) is 12.0. The summed E-state index contributed by atoms with van der Waals surface area (Å²) in [6.45, 7) is 2.08. The van der Waals surface area contributed by atoms with Crippen LogP contribution in [0.25, 0.3) is 0 Å². The Balaban J connectivity index is 2.31. The average Bonchev–Trinajstić information content (AvgIpc) is 2.39. The van der Waals surface area contributed by atoms with E-state index in [1.807, 2.05) is 24.3 Å². The molecule has 0 bridgehead atoms. The lowest BCUT2D eigenvalue weighted by Gasteiger charge is -2.09. The largest absolute Gasteiger partial charge is 0.478 e. The molecule has 0 aromatic heterocycles. The molecule has 0 saturated heterocycles. The molecule has 4 heteroatoms. The number of carboxylic acids is 1. The van der Waals surface area contributed by atoms with Gasteiger partial charge in [0.05, 0.1) is 0 Å². The number of aryl methyl sites for hydroxylation is 1. The molecule has 98 valence electrons. The quantitative estimate of drug-likeness (QED) is 0.902. The Labute approximate surface area is 120 Å². The van der Waals surface area contributed by atoms with Crippen LogP contribution >= 0.6 is 15.9 Å². The Hall–Kier alpha value is -1.81. The van der Waals surface area contributed by atoms with Crippen molar-refractivity contribution in [3.05, 3.63) is 58.1 Å². The molecule has 0 amide bonds. The highest BCUT2D eigenvalue weighted by Gasteiger charge is 2.12. The SMILES string of the molecule is CCc1ccc(Oc2cc(Br)ccc2C(=O)O)cc1. The Bertz CT molecular complexity index is 591. The number of benzene rings is 2. The second-order valence-electron chi connectivity index (χ2n) is 4.05. The van der Waals surface area contributed by atoms with E-state index in [-0.39, 0.29) is 5.56 Å². The van der Waals surface area contributed by atoms with E-state index in [2.05, 4.69) is 22.9 Å². The Morgan fingerprint density at radius 1 is 1.21 bits per heavy atom. The lowest BCUT2D eigenvalue weighted by Crippen LogP contribution is -1.99. The summed E-state index contributed by atoms with van der Waals surface area (Å²) in [4.78, 5) is 11.1. The smallest absolute Gasteiger partial charge is 0.339 e. The van der Waals surface area contributed by atoms with E-state index in [0.717, 1.165) is 10.9 Å². The van der Waals surface area contributed by atoms with Gasteiger partial charge in [0.25, 0.3) is 0 Å². The van der Waals surface area contributed by atoms with E-state index in [9.17, 15) is 4.79 Å². The van der Waals surface area contributed by atoms with Crippen molar-refractivity contribution in [2.75, 3.05) is 0 Å². The molecular weight excluding hydrogens is 308 g/mol. The van der Waals surface area contributed by atoms with Crippen molar-refractivity contribution in [1.29, 1.82) is 0 Å². The molecule has 0 atom stereocenters. The lowest BCUT2D eigenvalue weighted by atomic mass is 10.1. The van der Waals surface area contributed by atoms with Gasteiger partial charge in [0.15, 0.2) is 0 Å². The van der Waals surface area contributed by atoms with Crippen LogP contribution in [-0.2, 0) is 6.42 Å². The first-order valence-electron chi connectivity index (χ1n) is 5.90. The Morgan fingerprint density at radius 2 is 1.89 bits per heavy atom. The first-order valence-corrected chi connectivity index (χ1v) is 6.69. The molecule has 2 aromatic rings. The number of carbonyl (C=O) groups is 1. The van der Waals surface area contributed by atoms with Gasteiger partial charge in [-0.1, -0.05) is 35.0 Å². The van der Waals surface area contributed by atoms with Crippen LogP contribution < -0.4 is 4.74 Å². The van der Waals surface area contributed by atoms with Crippen LogP contribution in [0.1, 0.15) is 22.8 Å². The van der Waals surface area contributed by atoms with Crippen LogP contribution in [0, 0.1) is 0 Å². The number of hydrogen-bond donors (Lipinski definition) is 1. The van der Waals surface area contributed by atoms with Crippen molar-refractivity contribution in [3.63, 3.8) is 0 Å². The molecule has 0 aliphatic carbocycles. The van der Waals surface area contributed by atoms with E-state index < -0.39 is 5.97 Å². The summed E-state index contributed by atoms with van der Waals surface area (Å²) < 4.78 is 6.42. The fourth-order valence-corrected chi connectivity index (χ4v) is 2.02. The van der Waals surface area contributed by atoms with Gasteiger partial charge in [-0.15, -0.1) is 0 Å². The number of halogens is 1. The maximum absolute atomic E-state index is 11.1. The van der Waals surface area contributed by atoms with Crippen LogP contribution in [0.4, 0.5) is 0 Å². The predicted octanol–water partition coefficient (Wildman–Crippen LogP) is 4.50. The van der Waals surface area contributed by atoms with Crippen molar-refractivity contribution < 1.29 is 14.6 Å². The first kappa shape index (κ1) is 13.6.